The molecule has 0 aliphatic carbocycles. The maximum atomic E-state index is 14.3. The molecule has 2 N–H and O–H groups in total. The van der Waals surface area contributed by atoms with Crippen molar-refractivity contribution in [3.63, 3.8) is 0 Å². The topological polar surface area (TPSA) is 70.1 Å². The van der Waals surface area contributed by atoms with Gasteiger partial charge in [-0.2, -0.15) is 5.10 Å². The van der Waals surface area contributed by atoms with Gasteiger partial charge < -0.3 is 10.5 Å². The second-order valence-corrected chi connectivity index (χ2v) is 6.46. The molecule has 2 heterocycles. The third kappa shape index (κ3) is 4.34. The Bertz CT molecular complexity index is 923. The fourth-order valence-corrected chi connectivity index (χ4v) is 3.11. The molecule has 1 amide bonds. The molecule has 1 aliphatic rings. The molecule has 0 unspecified atom stereocenters. The van der Waals surface area contributed by atoms with Gasteiger partial charge in [-0.25, -0.2) is 4.39 Å². The van der Waals surface area contributed by atoms with E-state index in [1.165, 1.54) is 0 Å². The minimum Gasteiger partial charge on any atom is -0.493 e. The molecule has 6 heteroatoms. The number of nitrogens with two attached hydrogens (primary N) is 1. The van der Waals surface area contributed by atoms with E-state index in [0.29, 0.717) is 30.8 Å². The van der Waals surface area contributed by atoms with E-state index in [2.05, 4.69) is 11.7 Å². The summed E-state index contributed by atoms with van der Waals surface area (Å²) in [5, 5.41) is 4.18. The number of carbonyl (C=O) groups excluding carboxylic acids is 1. The third-order valence-electron chi connectivity index (χ3n) is 4.45. The van der Waals surface area contributed by atoms with Gasteiger partial charge in [0.25, 0.3) is 0 Å². The van der Waals surface area contributed by atoms with Crippen LogP contribution in [0.15, 0.2) is 72.0 Å². The summed E-state index contributed by atoms with van der Waals surface area (Å²) in [7, 11) is 1.88. The van der Waals surface area contributed by atoms with Crippen LogP contribution in [0.3, 0.4) is 0 Å². The number of hydrogen-bond acceptors (Lipinski definition) is 3. The molecule has 1 aromatic carbocycles. The fraction of sp³-hybridized carbons (Fsp3) is 0.238. The molecule has 0 atom stereocenters. The standard InChI is InChI=1S/C21H22FN3O2/c1-3-15(21-18(8-9-27-21)19(22)11-20(23)26)10-14-4-6-16(7-5-14)17-12-24-25(2)13-17/h3-7,12-13H,1,8-11H2,2H3,(H2,23,26)/b19-18+,21-15-. The van der Waals surface area contributed by atoms with Crippen LogP contribution in [-0.2, 0) is 23.0 Å². The zero-order chi connectivity index (χ0) is 19.4. The Labute approximate surface area is 157 Å². The lowest BCUT2D eigenvalue weighted by atomic mass is 9.98. The third-order valence-corrected chi connectivity index (χ3v) is 4.45. The van der Waals surface area contributed by atoms with Crippen molar-refractivity contribution in [3.8, 4) is 11.1 Å². The largest absolute Gasteiger partial charge is 0.493 e. The van der Waals surface area contributed by atoms with Crippen LogP contribution in [-0.4, -0.2) is 22.3 Å². The summed E-state index contributed by atoms with van der Waals surface area (Å²) in [5.41, 5.74) is 9.48. The number of aromatic nitrogens is 2. The number of primary amides is 1. The monoisotopic (exact) mass is 367 g/mol. The predicted molar refractivity (Wildman–Crippen MR) is 102 cm³/mol. The number of hydrogen-bond donors (Lipinski definition) is 1. The van der Waals surface area contributed by atoms with Gasteiger partial charge in [0.1, 0.15) is 11.6 Å². The van der Waals surface area contributed by atoms with Crippen molar-refractivity contribution in [1.82, 2.24) is 9.78 Å². The first-order valence-corrected chi connectivity index (χ1v) is 8.70. The molecule has 2 aromatic rings. The maximum absolute atomic E-state index is 14.3. The van der Waals surface area contributed by atoms with Crippen LogP contribution in [0.2, 0.25) is 0 Å². The second-order valence-electron chi connectivity index (χ2n) is 6.46. The highest BCUT2D eigenvalue weighted by molar-refractivity contribution is 5.76. The van der Waals surface area contributed by atoms with Crippen molar-refractivity contribution in [3.05, 3.63) is 77.6 Å². The Hall–Kier alpha value is -3.15. The van der Waals surface area contributed by atoms with E-state index in [9.17, 15) is 9.18 Å². The van der Waals surface area contributed by atoms with Gasteiger partial charge in [0.05, 0.1) is 19.2 Å². The lowest BCUT2D eigenvalue weighted by Gasteiger charge is -2.10. The van der Waals surface area contributed by atoms with Gasteiger partial charge in [-0.15, -0.1) is 0 Å². The van der Waals surface area contributed by atoms with Crippen LogP contribution in [0, 0.1) is 0 Å². The molecule has 0 bridgehead atoms. The zero-order valence-corrected chi connectivity index (χ0v) is 15.2. The van der Waals surface area contributed by atoms with E-state index in [-0.39, 0.29) is 0 Å². The van der Waals surface area contributed by atoms with Crippen LogP contribution in [0.5, 0.6) is 0 Å². The summed E-state index contributed by atoms with van der Waals surface area (Å²) in [6.07, 6.45) is 6.01. The molecule has 1 saturated heterocycles. The van der Waals surface area contributed by atoms with Crippen LogP contribution in [0.4, 0.5) is 4.39 Å². The Kier molecular flexibility index (Phi) is 5.54. The zero-order valence-electron chi connectivity index (χ0n) is 15.2. The first-order chi connectivity index (χ1) is 13.0. The number of amides is 1. The number of nitrogens with zero attached hydrogens (tertiary/aromatic N) is 2. The summed E-state index contributed by atoms with van der Waals surface area (Å²) >= 11 is 0. The van der Waals surface area contributed by atoms with Crippen LogP contribution in [0.1, 0.15) is 18.4 Å². The molecular formula is C21H22FN3O2. The van der Waals surface area contributed by atoms with Gasteiger partial charge in [0.2, 0.25) is 5.91 Å². The highest BCUT2D eigenvalue weighted by Crippen LogP contribution is 2.33. The van der Waals surface area contributed by atoms with E-state index >= 15 is 0 Å². The van der Waals surface area contributed by atoms with Crippen LogP contribution >= 0.6 is 0 Å². The first-order valence-electron chi connectivity index (χ1n) is 8.70. The van der Waals surface area contributed by atoms with Gasteiger partial charge in [0, 0.05) is 37.2 Å². The van der Waals surface area contributed by atoms with Gasteiger partial charge in [-0.3, -0.25) is 9.48 Å². The van der Waals surface area contributed by atoms with Crippen molar-refractivity contribution >= 4 is 5.91 Å². The summed E-state index contributed by atoms with van der Waals surface area (Å²) in [4.78, 5) is 11.0. The number of rotatable bonds is 6. The Morgan fingerprint density at radius 1 is 1.37 bits per heavy atom. The van der Waals surface area contributed by atoms with E-state index in [0.717, 1.165) is 22.3 Å². The molecule has 1 aliphatic heterocycles. The molecule has 0 spiro atoms. The van der Waals surface area contributed by atoms with E-state index in [4.69, 9.17) is 10.5 Å². The number of aryl methyl sites for hydroxylation is 1. The summed E-state index contributed by atoms with van der Waals surface area (Å²) in [6.45, 7) is 4.22. The van der Waals surface area contributed by atoms with Gasteiger partial charge >= 0.3 is 0 Å². The van der Waals surface area contributed by atoms with E-state index in [1.54, 1.807) is 10.8 Å². The minimum absolute atomic E-state index is 0.383. The summed E-state index contributed by atoms with van der Waals surface area (Å²) in [5.74, 6) is -0.751. The maximum Gasteiger partial charge on any atom is 0.224 e. The highest BCUT2D eigenvalue weighted by Gasteiger charge is 2.23. The van der Waals surface area contributed by atoms with Gasteiger partial charge in [-0.05, 0) is 16.7 Å². The molecule has 1 fully saturated rings. The van der Waals surface area contributed by atoms with Crippen molar-refractivity contribution < 1.29 is 13.9 Å². The molecule has 140 valence electrons. The first kappa shape index (κ1) is 18.6. The smallest absolute Gasteiger partial charge is 0.224 e. The molecular weight excluding hydrogens is 345 g/mol. The van der Waals surface area contributed by atoms with Crippen molar-refractivity contribution in [1.29, 1.82) is 0 Å². The minimum atomic E-state index is -0.697. The quantitative estimate of drug-likeness (QED) is 0.848. The average Bonchev–Trinajstić information content (AvgIpc) is 3.29. The number of allylic oxidation sites excluding steroid dienone is 3. The fourth-order valence-electron chi connectivity index (χ4n) is 3.11. The van der Waals surface area contributed by atoms with Crippen molar-refractivity contribution in [2.75, 3.05) is 6.61 Å². The van der Waals surface area contributed by atoms with Crippen LogP contribution in [0.25, 0.3) is 11.1 Å². The highest BCUT2D eigenvalue weighted by atomic mass is 19.1. The molecule has 1 aromatic heterocycles. The second kappa shape index (κ2) is 8.03. The van der Waals surface area contributed by atoms with Gasteiger partial charge in [-0.1, -0.05) is 36.9 Å². The summed E-state index contributed by atoms with van der Waals surface area (Å²) < 4.78 is 21.7. The molecule has 5 nitrogen and oxygen atoms in total. The predicted octanol–water partition coefficient (Wildman–Crippen LogP) is 3.59. The number of ether oxygens (including phenoxy) is 1. The Morgan fingerprint density at radius 2 is 2.11 bits per heavy atom. The van der Waals surface area contributed by atoms with Gasteiger partial charge in [0.15, 0.2) is 0 Å². The molecule has 3 rings (SSSR count). The Morgan fingerprint density at radius 3 is 2.70 bits per heavy atom. The normalized spacial score (nSPS) is 17.4. The lowest BCUT2D eigenvalue weighted by Crippen LogP contribution is -2.11. The number of halogens is 1. The number of benzene rings is 1. The SMILES string of the molecule is C=C/C(Cc1ccc(-c2cnn(C)c2)cc1)=C1/OCC/C1=C(\F)CC(N)=O. The average molecular weight is 367 g/mol. The van der Waals surface area contributed by atoms with Crippen LogP contribution < -0.4 is 5.73 Å². The summed E-state index contributed by atoms with van der Waals surface area (Å²) in [6, 6.07) is 8.09. The lowest BCUT2D eigenvalue weighted by molar-refractivity contribution is -0.117. The van der Waals surface area contributed by atoms with E-state index in [1.807, 2.05) is 43.7 Å². The van der Waals surface area contributed by atoms with E-state index < -0.39 is 18.2 Å². The van der Waals surface area contributed by atoms with Crippen molar-refractivity contribution in [2.24, 2.45) is 12.8 Å². The Balaban J connectivity index is 1.85. The number of carbonyl (C=O) groups is 1. The molecule has 0 saturated carbocycles. The molecule has 0 radical (unpaired) electrons. The molecule has 27 heavy (non-hydrogen) atoms. The van der Waals surface area contributed by atoms with Crippen molar-refractivity contribution in [2.45, 2.75) is 19.3 Å².